The van der Waals surface area contributed by atoms with Crippen LogP contribution >= 0.6 is 0 Å². The first-order chi connectivity index (χ1) is 16.9. The minimum absolute atomic E-state index is 0.0890. The summed E-state index contributed by atoms with van der Waals surface area (Å²) in [4.78, 5) is 42.1. The van der Waals surface area contributed by atoms with Crippen LogP contribution in [0.1, 0.15) is 59.9 Å². The van der Waals surface area contributed by atoms with E-state index in [-0.39, 0.29) is 23.7 Å². The number of nitrogens with zero attached hydrogens (tertiary/aromatic N) is 1. The summed E-state index contributed by atoms with van der Waals surface area (Å²) >= 11 is 0. The predicted molar refractivity (Wildman–Crippen MR) is 143 cm³/mol. The molecule has 2 bridgehead atoms. The molecular formula is C28H46N4O4. The predicted octanol–water partition coefficient (Wildman–Crippen LogP) is 2.75. The molecule has 4 atom stereocenters. The average molecular weight is 503 g/mol. The van der Waals surface area contributed by atoms with Gasteiger partial charge in [0.1, 0.15) is 23.9 Å². The average Bonchev–Trinajstić information content (AvgIpc) is 2.78. The zero-order valence-electron chi connectivity index (χ0n) is 23.3. The summed E-state index contributed by atoms with van der Waals surface area (Å²) in [7, 11) is 3.72. The van der Waals surface area contributed by atoms with Gasteiger partial charge in [0.15, 0.2) is 0 Å². The van der Waals surface area contributed by atoms with E-state index in [0.717, 1.165) is 5.56 Å². The van der Waals surface area contributed by atoms with Crippen LogP contribution in [0.3, 0.4) is 0 Å². The second kappa shape index (κ2) is 13.6. The van der Waals surface area contributed by atoms with Crippen LogP contribution in [0.2, 0.25) is 0 Å². The van der Waals surface area contributed by atoms with E-state index in [2.05, 4.69) is 29.8 Å². The van der Waals surface area contributed by atoms with E-state index in [1.165, 1.54) is 0 Å². The first-order valence-corrected chi connectivity index (χ1v) is 13.2. The van der Waals surface area contributed by atoms with Crippen molar-refractivity contribution < 1.29 is 19.1 Å². The maximum Gasteiger partial charge on any atom is 0.247 e. The van der Waals surface area contributed by atoms with Crippen molar-refractivity contribution >= 4 is 17.7 Å². The van der Waals surface area contributed by atoms with E-state index < -0.39 is 30.1 Å². The van der Waals surface area contributed by atoms with E-state index in [1.807, 2.05) is 71.0 Å². The van der Waals surface area contributed by atoms with Crippen LogP contribution < -0.4 is 20.7 Å². The number of hydrogen-bond donors (Lipinski definition) is 3. The number of likely N-dealkylation sites (N-methyl/N-ethyl adjacent to an activating group) is 1. The van der Waals surface area contributed by atoms with Crippen molar-refractivity contribution in [2.24, 2.45) is 17.8 Å². The van der Waals surface area contributed by atoms with Crippen molar-refractivity contribution in [2.75, 3.05) is 20.6 Å². The molecule has 2 heterocycles. The number of benzene rings is 1. The van der Waals surface area contributed by atoms with Crippen molar-refractivity contribution in [3.63, 3.8) is 0 Å². The molecule has 8 nitrogen and oxygen atoms in total. The summed E-state index contributed by atoms with van der Waals surface area (Å²) in [6, 6.07) is 5.61. The maximum atomic E-state index is 13.7. The lowest BCUT2D eigenvalue weighted by atomic mass is 9.95. The van der Waals surface area contributed by atoms with E-state index in [0.29, 0.717) is 37.5 Å². The molecule has 3 amide bonds. The molecule has 3 N–H and O–H groups in total. The molecule has 8 heteroatoms. The first kappa shape index (κ1) is 29.6. The van der Waals surface area contributed by atoms with Gasteiger partial charge in [-0.3, -0.25) is 19.3 Å². The van der Waals surface area contributed by atoms with Crippen LogP contribution in [0.5, 0.6) is 5.75 Å². The van der Waals surface area contributed by atoms with Gasteiger partial charge < -0.3 is 20.7 Å². The fourth-order valence-electron chi connectivity index (χ4n) is 4.44. The highest BCUT2D eigenvalue weighted by Gasteiger charge is 2.38. The van der Waals surface area contributed by atoms with Gasteiger partial charge in [0.2, 0.25) is 17.7 Å². The molecule has 0 spiro atoms. The fraction of sp³-hybridized carbons (Fsp3) is 0.679. The number of ether oxygens (including phenoxy) is 1. The minimum atomic E-state index is -0.975. The molecule has 0 aromatic heterocycles. The molecule has 3 rings (SSSR count). The molecule has 0 fully saturated rings. The molecule has 0 unspecified atom stereocenters. The Balaban J connectivity index is 2.48. The molecule has 1 aromatic rings. The Bertz CT molecular complexity index is 867. The van der Waals surface area contributed by atoms with Crippen LogP contribution in [0.25, 0.3) is 0 Å². The topological polar surface area (TPSA) is 99.8 Å². The van der Waals surface area contributed by atoms with Gasteiger partial charge in [-0.1, -0.05) is 53.7 Å². The van der Waals surface area contributed by atoms with Gasteiger partial charge in [-0.05, 0) is 68.8 Å². The monoisotopic (exact) mass is 502 g/mol. The summed E-state index contributed by atoms with van der Waals surface area (Å²) in [6.45, 7) is 12.6. The SMILES string of the molecule is CC(C)C[C@@H]1NC(=O)[C@@H](NC(=O)[C@H](CC(C)C)N(C)C)[C@@H](C(C)C)Oc2ccc(cc2)CCNC1=O. The van der Waals surface area contributed by atoms with Gasteiger partial charge in [0, 0.05) is 6.54 Å². The van der Waals surface area contributed by atoms with Gasteiger partial charge in [0.05, 0.1) is 6.04 Å². The second-order valence-corrected chi connectivity index (χ2v) is 11.3. The highest BCUT2D eigenvalue weighted by Crippen LogP contribution is 2.21. The Hall–Kier alpha value is -2.61. The fourth-order valence-corrected chi connectivity index (χ4v) is 4.44. The lowest BCUT2D eigenvalue weighted by Gasteiger charge is -2.34. The van der Waals surface area contributed by atoms with E-state index in [1.54, 1.807) is 0 Å². The molecule has 0 saturated heterocycles. The molecule has 202 valence electrons. The van der Waals surface area contributed by atoms with Crippen molar-refractivity contribution in [1.82, 2.24) is 20.9 Å². The van der Waals surface area contributed by atoms with Crippen LogP contribution in [-0.4, -0.2) is 67.5 Å². The number of carbonyl (C=O) groups is 3. The molecule has 2 aliphatic rings. The highest BCUT2D eigenvalue weighted by molar-refractivity contribution is 5.93. The summed E-state index contributed by atoms with van der Waals surface area (Å²) in [5.41, 5.74) is 1.08. The Kier molecular flexibility index (Phi) is 11.2. The minimum Gasteiger partial charge on any atom is -0.487 e. The third-order valence-corrected chi connectivity index (χ3v) is 6.44. The summed E-state index contributed by atoms with van der Waals surface area (Å²) < 4.78 is 6.33. The smallest absolute Gasteiger partial charge is 0.247 e. The van der Waals surface area contributed by atoms with E-state index in [9.17, 15) is 14.4 Å². The van der Waals surface area contributed by atoms with Crippen molar-refractivity contribution in [1.29, 1.82) is 0 Å². The second-order valence-electron chi connectivity index (χ2n) is 11.3. The van der Waals surface area contributed by atoms with Crippen LogP contribution in [-0.2, 0) is 20.8 Å². The number of hydrogen-bond acceptors (Lipinski definition) is 5. The van der Waals surface area contributed by atoms with Crippen LogP contribution in [0, 0.1) is 17.8 Å². The van der Waals surface area contributed by atoms with Gasteiger partial charge in [-0.25, -0.2) is 0 Å². The summed E-state index contributed by atoms with van der Waals surface area (Å²) in [6.07, 6.45) is 1.20. The number of fused-ring (bicyclic) bond motifs is 11. The zero-order chi connectivity index (χ0) is 27.0. The third-order valence-electron chi connectivity index (χ3n) is 6.44. The maximum absolute atomic E-state index is 13.7. The Morgan fingerprint density at radius 1 is 1.03 bits per heavy atom. The largest absolute Gasteiger partial charge is 0.487 e. The van der Waals surface area contributed by atoms with Gasteiger partial charge in [-0.2, -0.15) is 0 Å². The van der Waals surface area contributed by atoms with Gasteiger partial charge in [0.25, 0.3) is 0 Å². The number of rotatable bonds is 8. The molecule has 0 aliphatic carbocycles. The quantitative estimate of drug-likeness (QED) is 0.508. The van der Waals surface area contributed by atoms with Gasteiger partial charge >= 0.3 is 0 Å². The van der Waals surface area contributed by atoms with Crippen molar-refractivity contribution in [2.45, 2.75) is 85.0 Å². The lowest BCUT2D eigenvalue weighted by Crippen LogP contribution is -2.62. The van der Waals surface area contributed by atoms with Crippen molar-refractivity contribution in [3.05, 3.63) is 29.8 Å². The molecule has 2 aliphatic heterocycles. The summed E-state index contributed by atoms with van der Waals surface area (Å²) in [5.74, 6) is 0.174. The van der Waals surface area contributed by atoms with E-state index >= 15 is 0 Å². The Labute approximate surface area is 216 Å². The third kappa shape index (κ3) is 8.80. The standard InChI is InChI=1S/C28H46N4O4/c1-17(2)15-22-26(33)29-14-13-20-9-11-21(12-10-20)36-25(19(5)6)24(28(35)30-22)31-27(34)23(32(7)8)16-18(3)4/h9-12,17-19,22-25H,13-16H2,1-8H3,(H,29,33)(H,30,35)(H,31,34)/t22-,23-,24-,25+/m0/s1. The van der Waals surface area contributed by atoms with Crippen LogP contribution in [0.4, 0.5) is 0 Å². The van der Waals surface area contributed by atoms with Crippen molar-refractivity contribution in [3.8, 4) is 5.75 Å². The number of amides is 3. The van der Waals surface area contributed by atoms with Gasteiger partial charge in [-0.15, -0.1) is 0 Å². The molecule has 36 heavy (non-hydrogen) atoms. The normalized spacial score (nSPS) is 22.3. The first-order valence-electron chi connectivity index (χ1n) is 13.2. The molecular weight excluding hydrogens is 456 g/mol. The van der Waals surface area contributed by atoms with E-state index in [4.69, 9.17) is 4.74 Å². The number of nitrogens with one attached hydrogen (secondary N) is 3. The summed E-state index contributed by atoms with van der Waals surface area (Å²) in [5, 5.41) is 8.89. The molecule has 0 saturated carbocycles. The Morgan fingerprint density at radius 2 is 1.67 bits per heavy atom. The zero-order valence-corrected chi connectivity index (χ0v) is 23.3. The molecule has 1 aromatic carbocycles. The lowest BCUT2D eigenvalue weighted by molar-refractivity contribution is -0.136. The number of carbonyl (C=O) groups excluding carboxylic acids is 3. The van der Waals surface area contributed by atoms with Crippen LogP contribution in [0.15, 0.2) is 24.3 Å². The highest BCUT2D eigenvalue weighted by atomic mass is 16.5. The molecule has 0 radical (unpaired) electrons. The Morgan fingerprint density at radius 3 is 2.19 bits per heavy atom.